The molecule has 1 saturated carbocycles. The lowest BCUT2D eigenvalue weighted by atomic mass is 9.79. The van der Waals surface area contributed by atoms with Gasteiger partial charge in [0.25, 0.3) is 5.91 Å². The molecule has 0 bridgehead atoms. The molecule has 0 aromatic heterocycles. The summed E-state index contributed by atoms with van der Waals surface area (Å²) >= 11 is 0. The molecule has 2 amide bonds. The third-order valence-corrected chi connectivity index (χ3v) is 7.60. The quantitative estimate of drug-likeness (QED) is 0.563. The van der Waals surface area contributed by atoms with Crippen LogP contribution in [0.3, 0.4) is 0 Å². The van der Waals surface area contributed by atoms with Crippen LogP contribution in [0.4, 0.5) is 10.1 Å². The van der Waals surface area contributed by atoms with E-state index in [1.165, 1.54) is 6.07 Å². The number of aryl methyl sites for hydroxylation is 1. The monoisotopic (exact) mass is 464 g/mol. The molecular weight excluding hydrogens is 427 g/mol. The number of nitrogens with one attached hydrogen (secondary N) is 1. The predicted molar refractivity (Wildman–Crippen MR) is 134 cm³/mol. The summed E-state index contributed by atoms with van der Waals surface area (Å²) in [4.78, 5) is 29.1. The topological polar surface area (TPSA) is 49.4 Å². The van der Waals surface area contributed by atoms with Crippen molar-refractivity contribution in [2.75, 3.05) is 11.9 Å². The van der Waals surface area contributed by atoms with Gasteiger partial charge in [-0.3, -0.25) is 9.59 Å². The molecule has 2 aromatic carbocycles. The summed E-state index contributed by atoms with van der Waals surface area (Å²) in [5, 5.41) is 3.15. The number of carbonyl (C=O) groups excluding carboxylic acids is 2. The molecule has 0 unspecified atom stereocenters. The average molecular weight is 465 g/mol. The van der Waals surface area contributed by atoms with Crippen LogP contribution >= 0.6 is 0 Å². The van der Waals surface area contributed by atoms with E-state index in [2.05, 4.69) is 32.2 Å². The number of hydrogen-bond donors (Lipinski definition) is 1. The van der Waals surface area contributed by atoms with E-state index < -0.39 is 5.82 Å². The smallest absolute Gasteiger partial charge is 0.257 e. The Labute approximate surface area is 202 Å². The molecule has 2 aliphatic rings. The summed E-state index contributed by atoms with van der Waals surface area (Å²) in [7, 11) is 0. The van der Waals surface area contributed by atoms with Gasteiger partial charge < -0.3 is 10.2 Å². The molecule has 1 heterocycles. The highest BCUT2D eigenvalue weighted by molar-refractivity contribution is 5.98. The summed E-state index contributed by atoms with van der Waals surface area (Å²) in [6.07, 6.45) is 5.73. The summed E-state index contributed by atoms with van der Waals surface area (Å²) in [6, 6.07) is 12.6. The van der Waals surface area contributed by atoms with Crippen LogP contribution in [0.5, 0.6) is 0 Å². The molecule has 0 radical (unpaired) electrons. The van der Waals surface area contributed by atoms with Gasteiger partial charge in [0.1, 0.15) is 5.82 Å². The molecule has 1 aliphatic carbocycles. The highest BCUT2D eigenvalue weighted by Crippen LogP contribution is 2.39. The van der Waals surface area contributed by atoms with Crippen molar-refractivity contribution in [3.05, 3.63) is 65.0 Å². The molecule has 1 saturated heterocycles. The second-order valence-corrected chi connectivity index (χ2v) is 11.0. The number of nitrogens with zero attached hydrogens (tertiary/aromatic N) is 1. The Morgan fingerprint density at radius 3 is 2.38 bits per heavy atom. The van der Waals surface area contributed by atoms with Crippen LogP contribution < -0.4 is 5.32 Å². The van der Waals surface area contributed by atoms with Gasteiger partial charge in [-0.05, 0) is 73.3 Å². The van der Waals surface area contributed by atoms with E-state index in [-0.39, 0.29) is 40.7 Å². The van der Waals surface area contributed by atoms with E-state index >= 15 is 0 Å². The number of hydrogen-bond acceptors (Lipinski definition) is 2. The minimum atomic E-state index is -0.485. The number of carbonyl (C=O) groups is 2. The first-order chi connectivity index (χ1) is 16.2. The molecule has 4 rings (SSSR count). The van der Waals surface area contributed by atoms with Gasteiger partial charge in [0.15, 0.2) is 0 Å². The molecule has 1 aliphatic heterocycles. The normalized spacial score (nSPS) is 21.5. The fraction of sp³-hybridized carbons (Fsp3) is 0.517. The maximum Gasteiger partial charge on any atom is 0.257 e. The predicted octanol–water partition coefficient (Wildman–Crippen LogP) is 6.48. The largest absolute Gasteiger partial charge is 0.334 e. The van der Waals surface area contributed by atoms with Gasteiger partial charge in [-0.2, -0.15) is 0 Å². The Hall–Kier alpha value is -2.69. The fourth-order valence-electron chi connectivity index (χ4n) is 5.77. The lowest BCUT2D eigenvalue weighted by Crippen LogP contribution is -2.55. The molecule has 2 atom stereocenters. The second-order valence-electron chi connectivity index (χ2n) is 11.0. The molecule has 4 nitrogen and oxygen atoms in total. The van der Waals surface area contributed by atoms with Crippen molar-refractivity contribution in [2.24, 2.45) is 11.8 Å². The lowest BCUT2D eigenvalue weighted by Gasteiger charge is -2.44. The first kappa shape index (κ1) is 24.4. The van der Waals surface area contributed by atoms with Crippen molar-refractivity contribution >= 4 is 17.5 Å². The molecule has 182 valence electrons. The number of amides is 2. The fourth-order valence-corrected chi connectivity index (χ4v) is 5.77. The van der Waals surface area contributed by atoms with Gasteiger partial charge in [-0.25, -0.2) is 4.39 Å². The molecule has 0 spiro atoms. The zero-order valence-corrected chi connectivity index (χ0v) is 20.9. The van der Waals surface area contributed by atoms with Crippen molar-refractivity contribution in [2.45, 2.75) is 77.7 Å². The SMILES string of the molecule is Cc1cccc(F)c1C(=O)N1CCC[C@H](C(=O)Nc2cccc(C(C)(C)C)c2)[C@@H]1C1CCCC1. The van der Waals surface area contributed by atoms with Gasteiger partial charge in [-0.15, -0.1) is 0 Å². The number of rotatable bonds is 4. The zero-order valence-electron chi connectivity index (χ0n) is 20.9. The molecule has 5 heteroatoms. The van der Waals surface area contributed by atoms with Crippen LogP contribution in [0, 0.1) is 24.6 Å². The lowest BCUT2D eigenvalue weighted by molar-refractivity contribution is -0.124. The Balaban J connectivity index is 1.63. The second kappa shape index (κ2) is 9.89. The van der Waals surface area contributed by atoms with E-state index in [9.17, 15) is 14.0 Å². The number of benzene rings is 2. The van der Waals surface area contributed by atoms with Gasteiger partial charge >= 0.3 is 0 Å². The van der Waals surface area contributed by atoms with Gasteiger partial charge in [0.05, 0.1) is 11.5 Å². The Morgan fingerprint density at radius 1 is 1.00 bits per heavy atom. The van der Waals surface area contributed by atoms with E-state index in [4.69, 9.17) is 0 Å². The van der Waals surface area contributed by atoms with Crippen LogP contribution in [0.2, 0.25) is 0 Å². The number of likely N-dealkylation sites (tertiary alicyclic amines) is 1. The van der Waals surface area contributed by atoms with Crippen molar-refractivity contribution in [1.82, 2.24) is 4.90 Å². The highest BCUT2D eigenvalue weighted by Gasteiger charge is 2.44. The van der Waals surface area contributed by atoms with Crippen molar-refractivity contribution in [3.63, 3.8) is 0 Å². The van der Waals surface area contributed by atoms with Crippen molar-refractivity contribution in [3.8, 4) is 0 Å². The van der Waals surface area contributed by atoms with Gasteiger partial charge in [-0.1, -0.05) is 57.9 Å². The number of anilines is 1. The van der Waals surface area contributed by atoms with Crippen LogP contribution in [-0.4, -0.2) is 29.3 Å². The number of piperidine rings is 1. The first-order valence-corrected chi connectivity index (χ1v) is 12.6. The Morgan fingerprint density at radius 2 is 1.71 bits per heavy atom. The summed E-state index contributed by atoms with van der Waals surface area (Å²) < 4.78 is 14.7. The molecule has 1 N–H and O–H groups in total. The molecule has 2 aromatic rings. The average Bonchev–Trinajstić information content (AvgIpc) is 3.32. The molecular formula is C29H37FN2O2. The molecule has 34 heavy (non-hydrogen) atoms. The zero-order chi connectivity index (χ0) is 24.5. The van der Waals surface area contributed by atoms with Crippen LogP contribution in [0.15, 0.2) is 42.5 Å². The highest BCUT2D eigenvalue weighted by atomic mass is 19.1. The Kier molecular flexibility index (Phi) is 7.11. The van der Waals surface area contributed by atoms with E-state index in [0.29, 0.717) is 12.1 Å². The van der Waals surface area contributed by atoms with E-state index in [1.54, 1.807) is 19.1 Å². The maximum absolute atomic E-state index is 14.7. The number of halogens is 1. The minimum absolute atomic E-state index is 0.0151. The first-order valence-electron chi connectivity index (χ1n) is 12.6. The minimum Gasteiger partial charge on any atom is -0.334 e. The van der Waals surface area contributed by atoms with E-state index in [0.717, 1.165) is 49.8 Å². The Bertz CT molecular complexity index is 1030. The van der Waals surface area contributed by atoms with Crippen molar-refractivity contribution < 1.29 is 14.0 Å². The van der Waals surface area contributed by atoms with Gasteiger partial charge in [0, 0.05) is 18.3 Å². The maximum atomic E-state index is 14.7. The van der Waals surface area contributed by atoms with Crippen LogP contribution in [-0.2, 0) is 10.2 Å². The standard InChI is InChI=1S/C29H37FN2O2/c1-19-10-7-16-24(30)25(19)28(34)32-17-9-15-23(26(32)20-11-5-6-12-20)27(33)31-22-14-8-13-21(18-22)29(2,3)4/h7-8,10,13-14,16,18,20,23,26H,5-6,9,11-12,15,17H2,1-4H3,(H,31,33)/t23-,26-/m0/s1. The summed E-state index contributed by atoms with van der Waals surface area (Å²) in [5.41, 5.74) is 2.72. The summed E-state index contributed by atoms with van der Waals surface area (Å²) in [5.74, 6) is -0.828. The van der Waals surface area contributed by atoms with Crippen LogP contribution in [0.1, 0.15) is 80.8 Å². The van der Waals surface area contributed by atoms with Crippen molar-refractivity contribution in [1.29, 1.82) is 0 Å². The molecule has 2 fully saturated rings. The third-order valence-electron chi connectivity index (χ3n) is 7.60. The van der Waals surface area contributed by atoms with Gasteiger partial charge in [0.2, 0.25) is 5.91 Å². The van der Waals surface area contributed by atoms with E-state index in [1.807, 2.05) is 23.1 Å². The van der Waals surface area contributed by atoms with Crippen LogP contribution in [0.25, 0.3) is 0 Å². The summed E-state index contributed by atoms with van der Waals surface area (Å²) in [6.45, 7) is 8.80. The third kappa shape index (κ3) is 5.03.